The second kappa shape index (κ2) is 10.9. The number of fused-ring (bicyclic) bond motifs is 5. The van der Waals surface area contributed by atoms with Gasteiger partial charge in [0.1, 0.15) is 0 Å². The molecule has 0 radical (unpaired) electrons. The smallest absolute Gasteiger partial charge is 0.152 e. The van der Waals surface area contributed by atoms with Crippen molar-refractivity contribution in [3.63, 3.8) is 0 Å². The molecule has 0 saturated heterocycles. The van der Waals surface area contributed by atoms with Crippen molar-refractivity contribution in [2.45, 2.75) is 104 Å². The molecule has 7 unspecified atom stereocenters. The molecule has 0 spiro atoms. The number of aliphatic imine (C=N–C) groups is 1. The maximum Gasteiger partial charge on any atom is 0.152 e. The Morgan fingerprint density at radius 2 is 1.85 bits per heavy atom. The Kier molecular flexibility index (Phi) is 8.13. The molecule has 4 rings (SSSR count). The summed E-state index contributed by atoms with van der Waals surface area (Å²) in [6, 6.07) is 0. The molecule has 4 fully saturated rings. The Labute approximate surface area is 203 Å². The van der Waals surface area contributed by atoms with Gasteiger partial charge in [-0.15, -0.1) is 0 Å². The van der Waals surface area contributed by atoms with Gasteiger partial charge in [0.2, 0.25) is 0 Å². The molecule has 4 aliphatic rings. The van der Waals surface area contributed by atoms with Crippen molar-refractivity contribution >= 4 is 12.0 Å². The third kappa shape index (κ3) is 5.01. The van der Waals surface area contributed by atoms with Crippen molar-refractivity contribution in [1.82, 2.24) is 0 Å². The van der Waals surface area contributed by atoms with Gasteiger partial charge in [0.15, 0.2) is 6.29 Å². The van der Waals surface area contributed by atoms with Crippen LogP contribution in [0.5, 0.6) is 0 Å². The maximum absolute atomic E-state index is 11.4. The molecule has 0 aromatic carbocycles. The summed E-state index contributed by atoms with van der Waals surface area (Å²) in [5.74, 6) is 6.12. The average Bonchev–Trinajstić information content (AvgIpc) is 3.17. The van der Waals surface area contributed by atoms with E-state index in [2.05, 4.69) is 20.4 Å². The van der Waals surface area contributed by atoms with Crippen LogP contribution < -0.4 is 0 Å². The molecule has 2 nitrogen and oxygen atoms in total. The highest BCUT2D eigenvalue weighted by atomic mass is 16.1. The molecule has 4 aliphatic carbocycles. The Bertz CT molecular complexity index is 804. The number of rotatable bonds is 8. The largest absolute Gasteiger partial charge is 0.298 e. The predicted octanol–water partition coefficient (Wildman–Crippen LogP) is 8.49. The second-order valence-electron chi connectivity index (χ2n) is 11.9. The number of hydrogen-bond acceptors (Lipinski definition) is 2. The Hall–Kier alpha value is -1.44. The minimum atomic E-state index is 0.580. The van der Waals surface area contributed by atoms with E-state index in [1.807, 2.05) is 19.1 Å². The van der Waals surface area contributed by atoms with Gasteiger partial charge < -0.3 is 0 Å². The lowest BCUT2D eigenvalue weighted by molar-refractivity contribution is -0.104. The van der Waals surface area contributed by atoms with Gasteiger partial charge in [-0.3, -0.25) is 9.79 Å². The lowest BCUT2D eigenvalue weighted by Gasteiger charge is -2.56. The van der Waals surface area contributed by atoms with Crippen LogP contribution in [0.4, 0.5) is 0 Å². The Morgan fingerprint density at radius 1 is 1.03 bits per heavy atom. The summed E-state index contributed by atoms with van der Waals surface area (Å²) in [6.07, 6.45) is 24.9. The Morgan fingerprint density at radius 3 is 2.61 bits per heavy atom. The average molecular weight is 450 g/mol. The Balaban J connectivity index is 1.35. The van der Waals surface area contributed by atoms with E-state index in [4.69, 9.17) is 4.99 Å². The molecule has 0 aromatic heterocycles. The van der Waals surface area contributed by atoms with E-state index in [0.29, 0.717) is 16.7 Å². The van der Waals surface area contributed by atoms with Crippen LogP contribution in [-0.2, 0) is 4.79 Å². The third-order valence-corrected chi connectivity index (χ3v) is 10.4. The monoisotopic (exact) mass is 449 g/mol. The van der Waals surface area contributed by atoms with Crippen LogP contribution in [-0.4, -0.2) is 12.0 Å². The quantitative estimate of drug-likeness (QED) is 0.158. The van der Waals surface area contributed by atoms with E-state index in [1.165, 1.54) is 77.0 Å². The minimum Gasteiger partial charge on any atom is -0.298 e. The molecule has 182 valence electrons. The van der Waals surface area contributed by atoms with Crippen molar-refractivity contribution in [2.24, 2.45) is 45.9 Å². The minimum absolute atomic E-state index is 0.580. The van der Waals surface area contributed by atoms with Gasteiger partial charge in [0.05, 0.1) is 5.70 Å². The first kappa shape index (κ1) is 24.7. The fraction of sp³-hybridized carbons (Fsp3) is 0.742. The fourth-order valence-electron chi connectivity index (χ4n) is 8.87. The number of allylic oxidation sites excluding steroid dienone is 4. The van der Waals surface area contributed by atoms with E-state index in [0.717, 1.165) is 53.9 Å². The SMILES string of the molecule is C=C/C(N=C(C)CCCC1CCC2C3CCC4CCCCC4C3CCC12C)=C(C=O)\C=C/C. The second-order valence-corrected chi connectivity index (χ2v) is 11.9. The summed E-state index contributed by atoms with van der Waals surface area (Å²) in [7, 11) is 0. The number of nitrogens with zero attached hydrogens (tertiary/aromatic N) is 1. The summed E-state index contributed by atoms with van der Waals surface area (Å²) < 4.78 is 0. The molecule has 0 aromatic rings. The highest BCUT2D eigenvalue weighted by Crippen LogP contribution is 2.64. The molecule has 0 heterocycles. The molecular weight excluding hydrogens is 402 g/mol. The number of hydrogen-bond donors (Lipinski definition) is 0. The molecule has 7 atom stereocenters. The van der Waals surface area contributed by atoms with Crippen LogP contribution in [0, 0.1) is 40.9 Å². The maximum atomic E-state index is 11.4. The van der Waals surface area contributed by atoms with Crippen LogP contribution in [0.3, 0.4) is 0 Å². The topological polar surface area (TPSA) is 29.4 Å². The first-order valence-corrected chi connectivity index (χ1v) is 14.0. The standard InChI is InChI=1S/C31H47NO/c1-5-10-24(21-33)30(6-2)32-22(3)11-9-13-25-16-18-29-28-17-15-23-12-7-8-14-26(23)27(28)19-20-31(25,29)4/h5-6,10,21,23,25-29H,2,7-9,11-20H2,1,3-4H3/b10-5-,30-24-,32-22?. The van der Waals surface area contributed by atoms with Gasteiger partial charge in [-0.25, -0.2) is 0 Å². The fourth-order valence-corrected chi connectivity index (χ4v) is 8.87. The zero-order valence-electron chi connectivity index (χ0n) is 21.5. The van der Waals surface area contributed by atoms with Gasteiger partial charge in [-0.1, -0.05) is 44.9 Å². The van der Waals surface area contributed by atoms with Gasteiger partial charge in [0, 0.05) is 11.3 Å². The predicted molar refractivity (Wildman–Crippen MR) is 140 cm³/mol. The molecule has 0 bridgehead atoms. The molecule has 2 heteroatoms. The summed E-state index contributed by atoms with van der Waals surface area (Å²) >= 11 is 0. The van der Waals surface area contributed by atoms with Gasteiger partial charge >= 0.3 is 0 Å². The highest BCUT2D eigenvalue weighted by Gasteiger charge is 2.56. The van der Waals surface area contributed by atoms with Crippen LogP contribution in [0.1, 0.15) is 104 Å². The molecule has 0 amide bonds. The molecule has 33 heavy (non-hydrogen) atoms. The first-order chi connectivity index (χ1) is 16.0. The summed E-state index contributed by atoms with van der Waals surface area (Å²) in [5, 5.41) is 0. The number of carbonyl (C=O) groups is 1. The van der Waals surface area contributed by atoms with Crippen LogP contribution in [0.2, 0.25) is 0 Å². The van der Waals surface area contributed by atoms with E-state index >= 15 is 0 Å². The zero-order valence-corrected chi connectivity index (χ0v) is 21.5. The van der Waals surface area contributed by atoms with E-state index < -0.39 is 0 Å². The van der Waals surface area contributed by atoms with Crippen LogP contribution in [0.15, 0.2) is 41.1 Å². The summed E-state index contributed by atoms with van der Waals surface area (Å²) in [4.78, 5) is 16.1. The lowest BCUT2D eigenvalue weighted by Crippen LogP contribution is -2.48. The van der Waals surface area contributed by atoms with Gasteiger partial charge in [0.25, 0.3) is 0 Å². The van der Waals surface area contributed by atoms with Crippen molar-refractivity contribution in [3.8, 4) is 0 Å². The normalized spacial score (nSPS) is 39.4. The van der Waals surface area contributed by atoms with Crippen molar-refractivity contribution in [2.75, 3.05) is 0 Å². The molecule has 4 saturated carbocycles. The summed E-state index contributed by atoms with van der Waals surface area (Å²) in [5.41, 5.74) is 3.01. The van der Waals surface area contributed by atoms with E-state index in [-0.39, 0.29) is 0 Å². The highest BCUT2D eigenvalue weighted by molar-refractivity contribution is 5.86. The van der Waals surface area contributed by atoms with Crippen molar-refractivity contribution < 1.29 is 4.79 Å². The summed E-state index contributed by atoms with van der Waals surface area (Å²) in [6.45, 7) is 10.6. The van der Waals surface area contributed by atoms with Crippen LogP contribution in [0.25, 0.3) is 0 Å². The third-order valence-electron chi connectivity index (χ3n) is 10.4. The van der Waals surface area contributed by atoms with Crippen molar-refractivity contribution in [1.29, 1.82) is 0 Å². The van der Waals surface area contributed by atoms with E-state index in [9.17, 15) is 4.79 Å². The first-order valence-electron chi connectivity index (χ1n) is 14.0. The van der Waals surface area contributed by atoms with Gasteiger partial charge in [-0.05, 0) is 125 Å². The molecule has 0 N–H and O–H groups in total. The zero-order chi connectivity index (χ0) is 23.4. The van der Waals surface area contributed by atoms with Crippen LogP contribution >= 0.6 is 0 Å². The van der Waals surface area contributed by atoms with Crippen molar-refractivity contribution in [3.05, 3.63) is 36.1 Å². The number of aldehydes is 1. The lowest BCUT2D eigenvalue weighted by atomic mass is 9.49. The molecular formula is C31H47NO. The molecule has 0 aliphatic heterocycles. The van der Waals surface area contributed by atoms with Gasteiger partial charge in [-0.2, -0.15) is 0 Å². The van der Waals surface area contributed by atoms with E-state index in [1.54, 1.807) is 6.08 Å². The number of carbonyl (C=O) groups excluding carboxylic acids is 1.